The van der Waals surface area contributed by atoms with Gasteiger partial charge in [0.1, 0.15) is 18.0 Å². The van der Waals surface area contributed by atoms with Crippen LogP contribution in [0.4, 0.5) is 11.5 Å². The molecule has 3 aromatic rings. The van der Waals surface area contributed by atoms with Gasteiger partial charge in [-0.1, -0.05) is 18.2 Å². The van der Waals surface area contributed by atoms with Gasteiger partial charge in [0.05, 0.1) is 13.2 Å². The second-order valence-corrected chi connectivity index (χ2v) is 7.83. The van der Waals surface area contributed by atoms with E-state index in [1.54, 1.807) is 0 Å². The van der Waals surface area contributed by atoms with Crippen LogP contribution < -0.4 is 9.80 Å². The molecule has 2 aromatic heterocycles. The molecule has 7 nitrogen and oxygen atoms in total. The second kappa shape index (κ2) is 8.36. The molecule has 156 valence electrons. The summed E-state index contributed by atoms with van der Waals surface area (Å²) in [4.78, 5) is 24.4. The molecule has 2 aliphatic heterocycles. The molecule has 0 saturated carbocycles. The Labute approximate surface area is 176 Å². The number of morpholine rings is 1. The first-order valence-corrected chi connectivity index (χ1v) is 10.6. The lowest BCUT2D eigenvalue weighted by atomic mass is 10.2. The molecule has 0 aliphatic carbocycles. The standard InChI is InChI=1S/C23H27N5O2/c29-22(27-12-10-25(11-13-27)20-4-2-1-3-5-20)18-28-9-8-19-6-7-21(24-23(19)28)26-14-16-30-17-15-26/h1-9H,10-18H2. The maximum absolute atomic E-state index is 13.0. The Kier molecular flexibility index (Phi) is 5.27. The molecule has 0 radical (unpaired) electrons. The van der Waals surface area contributed by atoms with Gasteiger partial charge in [0, 0.05) is 56.5 Å². The Morgan fingerprint density at radius 1 is 0.867 bits per heavy atom. The fourth-order valence-corrected chi connectivity index (χ4v) is 4.24. The van der Waals surface area contributed by atoms with Gasteiger partial charge >= 0.3 is 0 Å². The summed E-state index contributed by atoms with van der Waals surface area (Å²) in [5, 5.41) is 1.06. The summed E-state index contributed by atoms with van der Waals surface area (Å²) in [5.41, 5.74) is 2.09. The molecular formula is C23H27N5O2. The van der Waals surface area contributed by atoms with Crippen molar-refractivity contribution in [3.05, 3.63) is 54.7 Å². The number of hydrogen-bond donors (Lipinski definition) is 0. The maximum Gasteiger partial charge on any atom is 0.242 e. The van der Waals surface area contributed by atoms with Gasteiger partial charge in [0.25, 0.3) is 0 Å². The SMILES string of the molecule is O=C(Cn1ccc2ccc(N3CCOCC3)nc21)N1CCN(c2ccccc2)CC1. The fourth-order valence-electron chi connectivity index (χ4n) is 4.24. The van der Waals surface area contributed by atoms with Crippen LogP contribution in [0.2, 0.25) is 0 Å². The third-order valence-corrected chi connectivity index (χ3v) is 5.99. The minimum atomic E-state index is 0.152. The molecule has 0 N–H and O–H groups in total. The van der Waals surface area contributed by atoms with E-state index in [1.807, 2.05) is 27.8 Å². The lowest BCUT2D eigenvalue weighted by Gasteiger charge is -2.36. The Hall–Kier alpha value is -3.06. The van der Waals surface area contributed by atoms with Gasteiger partial charge < -0.3 is 24.0 Å². The van der Waals surface area contributed by atoms with E-state index < -0.39 is 0 Å². The van der Waals surface area contributed by atoms with Crippen LogP contribution in [0.25, 0.3) is 11.0 Å². The quantitative estimate of drug-likeness (QED) is 0.666. The Balaban J connectivity index is 1.26. The van der Waals surface area contributed by atoms with Crippen LogP contribution in [0.1, 0.15) is 0 Å². The number of ether oxygens (including phenoxy) is 1. The molecule has 0 spiro atoms. The molecule has 2 saturated heterocycles. The molecule has 1 aromatic carbocycles. The van der Waals surface area contributed by atoms with Crippen LogP contribution in [-0.4, -0.2) is 72.8 Å². The van der Waals surface area contributed by atoms with Crippen molar-refractivity contribution in [1.29, 1.82) is 0 Å². The molecule has 2 aliphatic rings. The number of para-hydroxylation sites is 1. The van der Waals surface area contributed by atoms with E-state index in [2.05, 4.69) is 46.2 Å². The summed E-state index contributed by atoms with van der Waals surface area (Å²) in [6.45, 7) is 6.71. The minimum absolute atomic E-state index is 0.152. The minimum Gasteiger partial charge on any atom is -0.378 e. The molecule has 7 heteroatoms. The summed E-state index contributed by atoms with van der Waals surface area (Å²) in [6.07, 6.45) is 1.97. The highest BCUT2D eigenvalue weighted by Crippen LogP contribution is 2.21. The van der Waals surface area contributed by atoms with Gasteiger partial charge in [-0.15, -0.1) is 0 Å². The fraction of sp³-hybridized carbons (Fsp3) is 0.391. The highest BCUT2D eigenvalue weighted by Gasteiger charge is 2.22. The summed E-state index contributed by atoms with van der Waals surface area (Å²) in [7, 11) is 0. The van der Waals surface area contributed by atoms with Crippen molar-refractivity contribution in [3.8, 4) is 0 Å². The first kappa shape index (κ1) is 18.9. The smallest absolute Gasteiger partial charge is 0.242 e. The molecule has 5 rings (SSSR count). The Morgan fingerprint density at radius 3 is 2.40 bits per heavy atom. The van der Waals surface area contributed by atoms with Crippen molar-refractivity contribution in [2.24, 2.45) is 0 Å². The number of amides is 1. The van der Waals surface area contributed by atoms with Gasteiger partial charge in [-0.3, -0.25) is 4.79 Å². The van der Waals surface area contributed by atoms with Crippen molar-refractivity contribution >= 4 is 28.4 Å². The number of aromatic nitrogens is 2. The van der Waals surface area contributed by atoms with Crippen LogP contribution in [0.5, 0.6) is 0 Å². The van der Waals surface area contributed by atoms with Gasteiger partial charge in [-0.2, -0.15) is 0 Å². The number of anilines is 2. The predicted molar refractivity (Wildman–Crippen MR) is 118 cm³/mol. The van der Waals surface area contributed by atoms with E-state index in [9.17, 15) is 4.79 Å². The van der Waals surface area contributed by atoms with Crippen LogP contribution in [0, 0.1) is 0 Å². The Morgan fingerprint density at radius 2 is 1.63 bits per heavy atom. The highest BCUT2D eigenvalue weighted by atomic mass is 16.5. The number of piperazine rings is 1. The van der Waals surface area contributed by atoms with Gasteiger partial charge in [0.15, 0.2) is 0 Å². The maximum atomic E-state index is 13.0. The number of carbonyl (C=O) groups excluding carboxylic acids is 1. The van der Waals surface area contributed by atoms with E-state index in [-0.39, 0.29) is 5.91 Å². The van der Waals surface area contributed by atoms with Crippen molar-refractivity contribution in [2.45, 2.75) is 6.54 Å². The van der Waals surface area contributed by atoms with Crippen LogP contribution in [-0.2, 0) is 16.1 Å². The summed E-state index contributed by atoms with van der Waals surface area (Å²) < 4.78 is 7.42. The molecule has 0 unspecified atom stereocenters. The van der Waals surface area contributed by atoms with Crippen molar-refractivity contribution in [1.82, 2.24) is 14.5 Å². The van der Waals surface area contributed by atoms with Crippen molar-refractivity contribution in [3.63, 3.8) is 0 Å². The average Bonchev–Trinajstić information content (AvgIpc) is 3.22. The molecule has 2 fully saturated rings. The van der Waals surface area contributed by atoms with Crippen molar-refractivity contribution in [2.75, 3.05) is 62.3 Å². The molecular weight excluding hydrogens is 378 g/mol. The highest BCUT2D eigenvalue weighted by molar-refractivity contribution is 5.82. The predicted octanol–water partition coefficient (Wildman–Crippen LogP) is 2.22. The lowest BCUT2D eigenvalue weighted by Crippen LogP contribution is -2.49. The average molecular weight is 406 g/mol. The van der Waals surface area contributed by atoms with E-state index in [1.165, 1.54) is 5.69 Å². The van der Waals surface area contributed by atoms with E-state index in [0.29, 0.717) is 6.54 Å². The second-order valence-electron chi connectivity index (χ2n) is 7.83. The molecule has 4 heterocycles. The topological polar surface area (TPSA) is 53.8 Å². The molecule has 0 atom stereocenters. The molecule has 0 bridgehead atoms. The zero-order chi connectivity index (χ0) is 20.3. The van der Waals surface area contributed by atoms with Crippen LogP contribution in [0.15, 0.2) is 54.7 Å². The normalized spacial score (nSPS) is 17.5. The summed E-state index contributed by atoms with van der Waals surface area (Å²) in [5.74, 6) is 1.11. The van der Waals surface area contributed by atoms with Crippen LogP contribution in [0.3, 0.4) is 0 Å². The zero-order valence-corrected chi connectivity index (χ0v) is 17.1. The molecule has 30 heavy (non-hydrogen) atoms. The van der Waals surface area contributed by atoms with E-state index >= 15 is 0 Å². The number of benzene rings is 1. The van der Waals surface area contributed by atoms with Crippen molar-refractivity contribution < 1.29 is 9.53 Å². The monoisotopic (exact) mass is 405 g/mol. The van der Waals surface area contributed by atoms with E-state index in [4.69, 9.17) is 9.72 Å². The van der Waals surface area contributed by atoms with Gasteiger partial charge in [-0.05, 0) is 30.3 Å². The third kappa shape index (κ3) is 3.85. The first-order chi connectivity index (χ1) is 14.8. The van der Waals surface area contributed by atoms with Gasteiger partial charge in [0.2, 0.25) is 5.91 Å². The Bertz CT molecular complexity index is 1000. The number of nitrogens with zero attached hydrogens (tertiary/aromatic N) is 5. The zero-order valence-electron chi connectivity index (χ0n) is 17.1. The third-order valence-electron chi connectivity index (χ3n) is 5.99. The van der Waals surface area contributed by atoms with Crippen LogP contribution >= 0.6 is 0 Å². The largest absolute Gasteiger partial charge is 0.378 e. The summed E-state index contributed by atoms with van der Waals surface area (Å²) in [6, 6.07) is 16.6. The van der Waals surface area contributed by atoms with Gasteiger partial charge in [-0.25, -0.2) is 4.98 Å². The number of rotatable bonds is 4. The number of fused-ring (bicyclic) bond motifs is 1. The molecule has 1 amide bonds. The number of hydrogen-bond acceptors (Lipinski definition) is 5. The lowest BCUT2D eigenvalue weighted by molar-refractivity contribution is -0.132. The van der Waals surface area contributed by atoms with E-state index in [0.717, 1.165) is 69.3 Å². The summed E-state index contributed by atoms with van der Waals surface area (Å²) >= 11 is 0. The first-order valence-electron chi connectivity index (χ1n) is 10.6. The number of pyridine rings is 1. The number of carbonyl (C=O) groups is 1.